The maximum absolute atomic E-state index is 5.89. The molecule has 0 unspecified atom stereocenters. The molecular formula is C23H21N3O. The minimum Gasteiger partial charge on any atom is -0.416 e. The molecule has 0 aliphatic rings. The Morgan fingerprint density at radius 1 is 0.667 bits per heavy atom. The highest BCUT2D eigenvalue weighted by Crippen LogP contribution is 2.28. The van der Waals surface area contributed by atoms with Crippen LogP contribution in [0.3, 0.4) is 0 Å². The van der Waals surface area contributed by atoms with E-state index in [4.69, 9.17) is 4.42 Å². The normalized spacial score (nSPS) is 11.5. The highest BCUT2D eigenvalue weighted by atomic mass is 16.4. The predicted molar refractivity (Wildman–Crippen MR) is 107 cm³/mol. The van der Waals surface area contributed by atoms with Gasteiger partial charge >= 0.3 is 0 Å². The van der Waals surface area contributed by atoms with Crippen molar-refractivity contribution in [2.45, 2.75) is 26.2 Å². The fraction of sp³-hybridized carbons (Fsp3) is 0.174. The maximum atomic E-state index is 5.89. The van der Waals surface area contributed by atoms with Gasteiger partial charge in [-0.05, 0) is 47.4 Å². The van der Waals surface area contributed by atoms with E-state index in [1.807, 2.05) is 54.6 Å². The Kier molecular flexibility index (Phi) is 4.32. The highest BCUT2D eigenvalue weighted by Gasteiger charge is 2.15. The number of pyridine rings is 1. The zero-order valence-corrected chi connectivity index (χ0v) is 15.7. The Hall–Kier alpha value is -3.27. The summed E-state index contributed by atoms with van der Waals surface area (Å²) >= 11 is 0. The van der Waals surface area contributed by atoms with E-state index < -0.39 is 0 Å². The molecule has 134 valence electrons. The van der Waals surface area contributed by atoms with Gasteiger partial charge < -0.3 is 4.42 Å². The van der Waals surface area contributed by atoms with Gasteiger partial charge in [-0.3, -0.25) is 4.98 Å². The van der Waals surface area contributed by atoms with Crippen LogP contribution in [0.4, 0.5) is 0 Å². The van der Waals surface area contributed by atoms with Crippen molar-refractivity contribution in [1.82, 2.24) is 15.2 Å². The van der Waals surface area contributed by atoms with Gasteiger partial charge in [0.25, 0.3) is 0 Å². The van der Waals surface area contributed by atoms with Crippen molar-refractivity contribution >= 4 is 0 Å². The number of rotatable bonds is 3. The van der Waals surface area contributed by atoms with Crippen molar-refractivity contribution in [2.24, 2.45) is 0 Å². The maximum Gasteiger partial charge on any atom is 0.248 e. The molecule has 0 radical (unpaired) electrons. The topological polar surface area (TPSA) is 51.8 Å². The summed E-state index contributed by atoms with van der Waals surface area (Å²) in [5.41, 5.74) is 5.20. The molecule has 0 bridgehead atoms. The van der Waals surface area contributed by atoms with Crippen LogP contribution in [0.25, 0.3) is 34.2 Å². The average Bonchev–Trinajstić information content (AvgIpc) is 3.18. The molecule has 2 aromatic carbocycles. The van der Waals surface area contributed by atoms with E-state index in [2.05, 4.69) is 48.1 Å². The first-order valence-electron chi connectivity index (χ1n) is 8.97. The number of aromatic nitrogens is 3. The summed E-state index contributed by atoms with van der Waals surface area (Å²) in [4.78, 5) is 4.37. The largest absolute Gasteiger partial charge is 0.416 e. The van der Waals surface area contributed by atoms with Crippen LogP contribution in [0, 0.1) is 0 Å². The summed E-state index contributed by atoms with van der Waals surface area (Å²) in [6, 6.07) is 22.1. The first-order valence-corrected chi connectivity index (χ1v) is 8.97. The second-order valence-corrected chi connectivity index (χ2v) is 7.53. The minimum atomic E-state index is 0.119. The third kappa shape index (κ3) is 3.65. The lowest BCUT2D eigenvalue weighted by Crippen LogP contribution is -2.10. The first-order chi connectivity index (χ1) is 13.0. The van der Waals surface area contributed by atoms with Gasteiger partial charge in [0, 0.05) is 22.9 Å². The van der Waals surface area contributed by atoms with Crippen LogP contribution in [0.2, 0.25) is 0 Å². The fourth-order valence-corrected chi connectivity index (χ4v) is 2.89. The van der Waals surface area contributed by atoms with Gasteiger partial charge in [0.15, 0.2) is 0 Å². The molecule has 0 N–H and O–H groups in total. The van der Waals surface area contributed by atoms with E-state index in [0.29, 0.717) is 11.8 Å². The third-order valence-electron chi connectivity index (χ3n) is 4.52. The van der Waals surface area contributed by atoms with Crippen molar-refractivity contribution in [2.75, 3.05) is 0 Å². The standard InChI is InChI=1S/C23H21N3O/c1-23(2,3)19-13-11-18(12-14-19)22-26-25-21(27-22)17-9-7-16(8-10-17)20-6-4-5-15-24-20/h4-15H,1-3H3. The van der Waals surface area contributed by atoms with E-state index in [-0.39, 0.29) is 5.41 Å². The molecule has 0 aliphatic carbocycles. The SMILES string of the molecule is CC(C)(C)c1ccc(-c2nnc(-c3ccc(-c4ccccn4)cc3)o2)cc1. The molecule has 0 atom stereocenters. The lowest BCUT2D eigenvalue weighted by molar-refractivity contribution is 0.582. The Morgan fingerprint density at radius 2 is 1.22 bits per heavy atom. The van der Waals surface area contributed by atoms with E-state index >= 15 is 0 Å². The van der Waals surface area contributed by atoms with E-state index in [1.54, 1.807) is 6.20 Å². The lowest BCUT2D eigenvalue weighted by atomic mass is 9.87. The molecule has 2 aromatic heterocycles. The van der Waals surface area contributed by atoms with Gasteiger partial charge in [0.2, 0.25) is 11.8 Å². The van der Waals surface area contributed by atoms with Gasteiger partial charge in [-0.15, -0.1) is 10.2 Å². The lowest BCUT2D eigenvalue weighted by Gasteiger charge is -2.18. The van der Waals surface area contributed by atoms with Gasteiger partial charge in [-0.1, -0.05) is 51.1 Å². The predicted octanol–water partition coefficient (Wildman–Crippen LogP) is 5.76. The second kappa shape index (κ2) is 6.80. The monoisotopic (exact) mass is 355 g/mol. The Bertz CT molecular complexity index is 1030. The number of benzene rings is 2. The van der Waals surface area contributed by atoms with Gasteiger partial charge in [-0.25, -0.2) is 0 Å². The molecule has 4 nitrogen and oxygen atoms in total. The Labute approximate surface area is 158 Å². The molecule has 4 heteroatoms. The molecule has 0 saturated carbocycles. The van der Waals surface area contributed by atoms with Crippen LogP contribution in [-0.2, 0) is 5.41 Å². The molecule has 2 heterocycles. The van der Waals surface area contributed by atoms with Crippen LogP contribution in [-0.4, -0.2) is 15.2 Å². The van der Waals surface area contributed by atoms with Crippen molar-refractivity contribution in [3.63, 3.8) is 0 Å². The average molecular weight is 355 g/mol. The first kappa shape index (κ1) is 17.2. The molecule has 4 aromatic rings. The third-order valence-corrected chi connectivity index (χ3v) is 4.52. The van der Waals surface area contributed by atoms with Gasteiger partial charge in [-0.2, -0.15) is 0 Å². The smallest absolute Gasteiger partial charge is 0.248 e. The number of hydrogen-bond donors (Lipinski definition) is 0. The summed E-state index contributed by atoms with van der Waals surface area (Å²) in [5, 5.41) is 8.41. The summed E-state index contributed by atoms with van der Waals surface area (Å²) in [7, 11) is 0. The van der Waals surface area contributed by atoms with Crippen LogP contribution < -0.4 is 0 Å². The molecule has 0 aliphatic heterocycles. The Morgan fingerprint density at radius 3 is 1.74 bits per heavy atom. The zero-order valence-electron chi connectivity index (χ0n) is 15.7. The fourth-order valence-electron chi connectivity index (χ4n) is 2.89. The highest BCUT2D eigenvalue weighted by molar-refractivity contribution is 5.65. The summed E-state index contributed by atoms with van der Waals surface area (Å²) in [6.45, 7) is 6.59. The van der Waals surface area contributed by atoms with Crippen molar-refractivity contribution in [3.8, 4) is 34.2 Å². The molecule has 0 fully saturated rings. The van der Waals surface area contributed by atoms with Crippen molar-refractivity contribution in [3.05, 3.63) is 78.5 Å². The van der Waals surface area contributed by atoms with E-state index in [1.165, 1.54) is 5.56 Å². The van der Waals surface area contributed by atoms with Crippen LogP contribution >= 0.6 is 0 Å². The molecule has 4 rings (SSSR count). The van der Waals surface area contributed by atoms with Gasteiger partial charge in [0.05, 0.1) is 5.69 Å². The zero-order chi connectivity index (χ0) is 18.9. The molecule has 0 spiro atoms. The Balaban J connectivity index is 1.57. The van der Waals surface area contributed by atoms with Gasteiger partial charge in [0.1, 0.15) is 0 Å². The molecule has 27 heavy (non-hydrogen) atoms. The van der Waals surface area contributed by atoms with E-state index in [9.17, 15) is 0 Å². The molecule has 0 saturated heterocycles. The minimum absolute atomic E-state index is 0.119. The van der Waals surface area contributed by atoms with Crippen LogP contribution in [0.1, 0.15) is 26.3 Å². The summed E-state index contributed by atoms with van der Waals surface area (Å²) in [5.74, 6) is 1.04. The number of hydrogen-bond acceptors (Lipinski definition) is 4. The van der Waals surface area contributed by atoms with Crippen molar-refractivity contribution in [1.29, 1.82) is 0 Å². The molecule has 0 amide bonds. The molecular weight excluding hydrogens is 334 g/mol. The number of nitrogens with zero attached hydrogens (tertiary/aromatic N) is 3. The van der Waals surface area contributed by atoms with Crippen LogP contribution in [0.5, 0.6) is 0 Å². The summed E-state index contributed by atoms with van der Waals surface area (Å²) < 4.78 is 5.89. The second-order valence-electron chi connectivity index (χ2n) is 7.53. The van der Waals surface area contributed by atoms with Crippen LogP contribution in [0.15, 0.2) is 77.3 Å². The van der Waals surface area contributed by atoms with Crippen molar-refractivity contribution < 1.29 is 4.42 Å². The summed E-state index contributed by atoms with van der Waals surface area (Å²) in [6.07, 6.45) is 1.79. The quantitative estimate of drug-likeness (QED) is 0.468. The van der Waals surface area contributed by atoms with E-state index in [0.717, 1.165) is 22.4 Å².